The second-order valence-corrected chi connectivity index (χ2v) is 7.63. The standard InChI is InChI=1S/C20H19ClF3N5O6/c1-2-35-18(30)12-10-25-17(21)16(29(33)34)15(12)26-11-3-4-14(13(9-11)20(22,23)24)27-5-7-28(8-6-27)19(31)32/h3-4,9-10H,2,5-8H2,1H3,(H,25,26)(H,31,32). The van der Waals surface area contributed by atoms with Crippen molar-refractivity contribution < 1.29 is 37.5 Å². The molecule has 15 heteroatoms. The molecule has 2 heterocycles. The monoisotopic (exact) mass is 517 g/mol. The minimum Gasteiger partial charge on any atom is -0.465 e. The number of piperazine rings is 1. The third-order valence-corrected chi connectivity index (χ3v) is 5.43. The van der Waals surface area contributed by atoms with Gasteiger partial charge < -0.3 is 25.0 Å². The SMILES string of the molecule is CCOC(=O)c1cnc(Cl)c([N+](=O)[O-])c1Nc1ccc(N2CCN(C(=O)O)CC2)c(C(F)(F)F)c1. The van der Waals surface area contributed by atoms with Crippen LogP contribution in [0.2, 0.25) is 5.15 Å². The molecular weight excluding hydrogens is 499 g/mol. The molecule has 0 saturated carbocycles. The van der Waals surface area contributed by atoms with Gasteiger partial charge in [-0.2, -0.15) is 13.2 Å². The number of rotatable bonds is 6. The number of benzene rings is 1. The number of carbonyl (C=O) groups is 2. The second-order valence-electron chi connectivity index (χ2n) is 7.28. The molecule has 2 N–H and O–H groups in total. The summed E-state index contributed by atoms with van der Waals surface area (Å²) in [7, 11) is 0. The van der Waals surface area contributed by atoms with Crippen molar-refractivity contribution in [3.8, 4) is 0 Å². The fraction of sp³-hybridized carbons (Fsp3) is 0.350. The highest BCUT2D eigenvalue weighted by Crippen LogP contribution is 2.41. The van der Waals surface area contributed by atoms with E-state index in [0.29, 0.717) is 0 Å². The van der Waals surface area contributed by atoms with Crippen molar-refractivity contribution >= 4 is 46.4 Å². The minimum atomic E-state index is -4.80. The first-order valence-electron chi connectivity index (χ1n) is 10.1. The zero-order valence-corrected chi connectivity index (χ0v) is 18.9. The summed E-state index contributed by atoms with van der Waals surface area (Å²) in [4.78, 5) is 40.2. The molecule has 11 nitrogen and oxygen atoms in total. The highest BCUT2D eigenvalue weighted by atomic mass is 35.5. The molecule has 1 aliphatic rings. The number of ether oxygens (including phenoxy) is 1. The number of nitrogens with zero attached hydrogens (tertiary/aromatic N) is 4. The molecule has 0 aliphatic carbocycles. The number of aromatic nitrogens is 1. The molecule has 188 valence electrons. The summed E-state index contributed by atoms with van der Waals surface area (Å²) in [5.41, 5.74) is -3.09. The molecule has 1 amide bonds. The zero-order chi connectivity index (χ0) is 25.9. The molecule has 0 unspecified atom stereocenters. The van der Waals surface area contributed by atoms with Crippen molar-refractivity contribution in [1.29, 1.82) is 0 Å². The smallest absolute Gasteiger partial charge is 0.418 e. The lowest BCUT2D eigenvalue weighted by molar-refractivity contribution is -0.384. The lowest BCUT2D eigenvalue weighted by Gasteiger charge is -2.36. The number of amides is 1. The predicted octanol–water partition coefficient (Wildman–Crippen LogP) is 4.38. The van der Waals surface area contributed by atoms with Gasteiger partial charge in [0.25, 0.3) is 0 Å². The van der Waals surface area contributed by atoms with Gasteiger partial charge in [0, 0.05) is 43.8 Å². The molecule has 35 heavy (non-hydrogen) atoms. The first-order valence-corrected chi connectivity index (χ1v) is 10.5. The average Bonchev–Trinajstić information content (AvgIpc) is 2.78. The van der Waals surface area contributed by atoms with Crippen LogP contribution in [0.5, 0.6) is 0 Å². The quantitative estimate of drug-likeness (QED) is 0.247. The van der Waals surface area contributed by atoms with Crippen LogP contribution < -0.4 is 10.2 Å². The third-order valence-electron chi connectivity index (χ3n) is 5.15. The second kappa shape index (κ2) is 10.2. The molecule has 1 aromatic heterocycles. The van der Waals surface area contributed by atoms with Crippen LogP contribution in [0.15, 0.2) is 24.4 Å². The van der Waals surface area contributed by atoms with Crippen molar-refractivity contribution in [3.05, 3.63) is 50.8 Å². The number of hydrogen-bond acceptors (Lipinski definition) is 8. The first-order chi connectivity index (χ1) is 16.4. The van der Waals surface area contributed by atoms with Gasteiger partial charge >= 0.3 is 23.9 Å². The van der Waals surface area contributed by atoms with Crippen LogP contribution in [0, 0.1) is 10.1 Å². The summed E-state index contributed by atoms with van der Waals surface area (Å²) < 4.78 is 46.7. The van der Waals surface area contributed by atoms with Crippen LogP contribution in [0.25, 0.3) is 0 Å². The van der Waals surface area contributed by atoms with Gasteiger partial charge in [-0.15, -0.1) is 0 Å². The number of anilines is 3. The van der Waals surface area contributed by atoms with E-state index in [1.165, 1.54) is 24.0 Å². The molecule has 1 fully saturated rings. The number of nitro groups is 1. The molecule has 1 saturated heterocycles. The van der Waals surface area contributed by atoms with E-state index in [2.05, 4.69) is 10.3 Å². The van der Waals surface area contributed by atoms with Gasteiger partial charge in [0.05, 0.1) is 17.1 Å². The number of carbonyl (C=O) groups excluding carboxylic acids is 1. The number of halogens is 4. The van der Waals surface area contributed by atoms with Crippen molar-refractivity contribution in [1.82, 2.24) is 9.88 Å². The fourth-order valence-electron chi connectivity index (χ4n) is 3.53. The topological polar surface area (TPSA) is 138 Å². The van der Waals surface area contributed by atoms with Gasteiger partial charge in [-0.1, -0.05) is 11.6 Å². The Kier molecular flexibility index (Phi) is 7.53. The van der Waals surface area contributed by atoms with E-state index in [1.54, 1.807) is 0 Å². The lowest BCUT2D eigenvalue weighted by Crippen LogP contribution is -2.48. The maximum Gasteiger partial charge on any atom is 0.418 e. The Morgan fingerprint density at radius 2 is 1.94 bits per heavy atom. The highest BCUT2D eigenvalue weighted by Gasteiger charge is 2.37. The van der Waals surface area contributed by atoms with Crippen molar-refractivity contribution in [2.45, 2.75) is 13.1 Å². The zero-order valence-electron chi connectivity index (χ0n) is 18.1. The van der Waals surface area contributed by atoms with Crippen LogP contribution >= 0.6 is 11.6 Å². The van der Waals surface area contributed by atoms with E-state index in [9.17, 15) is 32.9 Å². The summed E-state index contributed by atoms with van der Waals surface area (Å²) in [6, 6.07) is 3.16. The van der Waals surface area contributed by atoms with Crippen LogP contribution in [0.3, 0.4) is 0 Å². The Morgan fingerprint density at radius 1 is 1.29 bits per heavy atom. The summed E-state index contributed by atoms with van der Waals surface area (Å²) in [6.07, 6.45) is -5.03. The number of alkyl halides is 3. The van der Waals surface area contributed by atoms with Gasteiger partial charge in [0.2, 0.25) is 5.15 Å². The van der Waals surface area contributed by atoms with Crippen LogP contribution in [-0.2, 0) is 10.9 Å². The Bertz CT molecular complexity index is 1150. The lowest BCUT2D eigenvalue weighted by atomic mass is 10.1. The Labute approximate surface area is 201 Å². The number of pyridine rings is 1. The predicted molar refractivity (Wildman–Crippen MR) is 118 cm³/mol. The number of carboxylic acid groups (broad SMARTS) is 1. The largest absolute Gasteiger partial charge is 0.465 e. The van der Waals surface area contributed by atoms with Gasteiger partial charge in [-0.3, -0.25) is 10.1 Å². The maximum atomic E-state index is 13.9. The van der Waals surface area contributed by atoms with Gasteiger partial charge in [-0.25, -0.2) is 14.6 Å². The van der Waals surface area contributed by atoms with Crippen LogP contribution in [0.1, 0.15) is 22.8 Å². The summed E-state index contributed by atoms with van der Waals surface area (Å²) >= 11 is 5.83. The van der Waals surface area contributed by atoms with Gasteiger partial charge in [0.15, 0.2) is 0 Å². The van der Waals surface area contributed by atoms with E-state index < -0.39 is 45.3 Å². The van der Waals surface area contributed by atoms with Gasteiger partial charge in [0.1, 0.15) is 11.3 Å². The van der Waals surface area contributed by atoms with Crippen molar-refractivity contribution in [3.63, 3.8) is 0 Å². The average molecular weight is 518 g/mol. The van der Waals surface area contributed by atoms with E-state index in [-0.39, 0.29) is 49.7 Å². The number of esters is 1. The molecule has 1 aliphatic heterocycles. The van der Waals surface area contributed by atoms with E-state index >= 15 is 0 Å². The van der Waals surface area contributed by atoms with E-state index in [4.69, 9.17) is 21.4 Å². The fourth-order valence-corrected chi connectivity index (χ4v) is 3.75. The first kappa shape index (κ1) is 25.8. The van der Waals surface area contributed by atoms with Gasteiger partial charge in [-0.05, 0) is 25.1 Å². The van der Waals surface area contributed by atoms with E-state index in [0.717, 1.165) is 17.2 Å². The maximum absolute atomic E-state index is 13.9. The molecule has 2 aromatic rings. The normalized spacial score (nSPS) is 14.0. The van der Waals surface area contributed by atoms with Crippen molar-refractivity contribution in [2.24, 2.45) is 0 Å². The van der Waals surface area contributed by atoms with E-state index in [1.807, 2.05) is 0 Å². The third kappa shape index (κ3) is 5.65. The van der Waals surface area contributed by atoms with Crippen LogP contribution in [-0.4, -0.2) is 64.8 Å². The molecule has 0 radical (unpaired) electrons. The van der Waals surface area contributed by atoms with Crippen molar-refractivity contribution in [2.75, 3.05) is 43.0 Å². The molecule has 0 bridgehead atoms. The number of nitrogens with one attached hydrogen (secondary N) is 1. The number of hydrogen-bond donors (Lipinski definition) is 2. The molecule has 0 atom stereocenters. The Morgan fingerprint density at radius 3 is 2.49 bits per heavy atom. The Hall–Kier alpha value is -3.81. The van der Waals surface area contributed by atoms with Crippen LogP contribution in [0.4, 0.5) is 40.7 Å². The molecule has 3 rings (SSSR count). The molecular formula is C20H19ClF3N5O6. The molecule has 1 aromatic carbocycles. The Balaban J connectivity index is 2.03. The summed E-state index contributed by atoms with van der Waals surface area (Å²) in [6.45, 7) is 1.58. The summed E-state index contributed by atoms with van der Waals surface area (Å²) in [5, 5.41) is 22.6. The molecule has 0 spiro atoms. The minimum absolute atomic E-state index is 0.0250. The summed E-state index contributed by atoms with van der Waals surface area (Å²) in [5.74, 6) is -0.980. The highest BCUT2D eigenvalue weighted by molar-refractivity contribution is 6.32.